The Balaban J connectivity index is 1.89. The highest BCUT2D eigenvalue weighted by atomic mass is 32.2. The van der Waals surface area contributed by atoms with Crippen LogP contribution in [-0.2, 0) is 9.59 Å². The van der Waals surface area contributed by atoms with E-state index in [1.165, 1.54) is 24.2 Å². The second kappa shape index (κ2) is 7.66. The molecule has 0 heterocycles. The zero-order chi connectivity index (χ0) is 15.9. The van der Waals surface area contributed by atoms with Crippen LogP contribution in [0, 0.1) is 6.92 Å². The lowest BCUT2D eigenvalue weighted by Gasteiger charge is -2.08. The van der Waals surface area contributed by atoms with Crippen molar-refractivity contribution in [3.8, 4) is 0 Å². The number of carbonyl (C=O) groups excluding carboxylic acids is 2. The molecule has 4 nitrogen and oxygen atoms in total. The molecule has 0 fully saturated rings. The van der Waals surface area contributed by atoms with Gasteiger partial charge in [-0.15, -0.1) is 11.8 Å². The number of rotatable bonds is 5. The number of amides is 2. The van der Waals surface area contributed by atoms with E-state index in [1.807, 2.05) is 31.2 Å². The molecule has 2 N–H and O–H groups in total. The molecule has 0 aromatic heterocycles. The first-order valence-electron chi connectivity index (χ1n) is 6.90. The molecule has 2 aromatic carbocycles. The summed E-state index contributed by atoms with van der Waals surface area (Å²) in [5.41, 5.74) is 2.53. The monoisotopic (exact) mass is 314 g/mol. The number of aryl methyl sites for hydroxylation is 1. The van der Waals surface area contributed by atoms with Crippen LogP contribution in [0.1, 0.15) is 12.5 Å². The van der Waals surface area contributed by atoms with Crippen molar-refractivity contribution in [3.05, 3.63) is 54.1 Å². The number of hydrogen-bond acceptors (Lipinski definition) is 3. The molecule has 2 amide bonds. The van der Waals surface area contributed by atoms with Crippen LogP contribution in [-0.4, -0.2) is 17.6 Å². The minimum Gasteiger partial charge on any atom is -0.326 e. The van der Waals surface area contributed by atoms with Gasteiger partial charge in [-0.25, -0.2) is 0 Å². The highest BCUT2D eigenvalue weighted by Crippen LogP contribution is 2.19. The average Bonchev–Trinajstić information content (AvgIpc) is 2.46. The number of nitrogens with one attached hydrogen (secondary N) is 2. The highest BCUT2D eigenvalue weighted by Gasteiger charge is 2.05. The van der Waals surface area contributed by atoms with Gasteiger partial charge in [0.1, 0.15) is 0 Å². The summed E-state index contributed by atoms with van der Waals surface area (Å²) >= 11 is 1.49. The van der Waals surface area contributed by atoms with E-state index >= 15 is 0 Å². The van der Waals surface area contributed by atoms with E-state index in [1.54, 1.807) is 24.3 Å². The van der Waals surface area contributed by atoms with Crippen LogP contribution in [0.25, 0.3) is 0 Å². The quantitative estimate of drug-likeness (QED) is 0.828. The summed E-state index contributed by atoms with van der Waals surface area (Å²) in [7, 11) is 0. The van der Waals surface area contributed by atoms with Crippen molar-refractivity contribution < 1.29 is 9.59 Å². The van der Waals surface area contributed by atoms with E-state index in [0.29, 0.717) is 17.1 Å². The molecule has 2 rings (SSSR count). The van der Waals surface area contributed by atoms with E-state index in [4.69, 9.17) is 0 Å². The fraction of sp³-hybridized carbons (Fsp3) is 0.176. The van der Waals surface area contributed by atoms with Crippen LogP contribution in [0.15, 0.2) is 53.4 Å². The Morgan fingerprint density at radius 2 is 1.64 bits per heavy atom. The fourth-order valence-corrected chi connectivity index (χ4v) is 2.56. The molecule has 22 heavy (non-hydrogen) atoms. The molecule has 0 atom stereocenters. The number of carbonyl (C=O) groups is 2. The van der Waals surface area contributed by atoms with E-state index in [2.05, 4.69) is 10.6 Å². The topological polar surface area (TPSA) is 58.2 Å². The molecule has 2 aromatic rings. The Hall–Kier alpha value is -2.27. The number of thioether (sulfide) groups is 1. The van der Waals surface area contributed by atoms with Crippen molar-refractivity contribution in [1.29, 1.82) is 0 Å². The smallest absolute Gasteiger partial charge is 0.234 e. The molecule has 0 saturated carbocycles. The maximum Gasteiger partial charge on any atom is 0.234 e. The van der Waals surface area contributed by atoms with Crippen LogP contribution in [0.4, 0.5) is 11.4 Å². The van der Waals surface area contributed by atoms with Gasteiger partial charge in [0.25, 0.3) is 0 Å². The Morgan fingerprint density at radius 3 is 2.27 bits per heavy atom. The van der Waals surface area contributed by atoms with Crippen molar-refractivity contribution in [1.82, 2.24) is 0 Å². The van der Waals surface area contributed by atoms with E-state index < -0.39 is 0 Å². The SMILES string of the molecule is CC(=O)Nc1cccc(NC(=O)CSc2ccc(C)cc2)c1. The predicted molar refractivity (Wildman–Crippen MR) is 91.3 cm³/mol. The first-order valence-corrected chi connectivity index (χ1v) is 7.88. The maximum absolute atomic E-state index is 12.0. The van der Waals surface area contributed by atoms with Crippen LogP contribution in [0.3, 0.4) is 0 Å². The lowest BCUT2D eigenvalue weighted by Crippen LogP contribution is -2.14. The van der Waals surface area contributed by atoms with Gasteiger partial charge in [-0.3, -0.25) is 9.59 Å². The molecular formula is C17H18N2O2S. The minimum absolute atomic E-state index is 0.0782. The van der Waals surface area contributed by atoms with E-state index in [0.717, 1.165) is 4.90 Å². The van der Waals surface area contributed by atoms with Crippen LogP contribution < -0.4 is 10.6 Å². The molecule has 0 aliphatic rings. The zero-order valence-corrected chi connectivity index (χ0v) is 13.4. The summed E-state index contributed by atoms with van der Waals surface area (Å²) in [5, 5.41) is 5.51. The van der Waals surface area contributed by atoms with Gasteiger partial charge in [0.2, 0.25) is 11.8 Å². The summed E-state index contributed by atoms with van der Waals surface area (Å²) in [6.45, 7) is 3.48. The standard InChI is InChI=1S/C17H18N2O2S/c1-12-6-8-16(9-7-12)22-11-17(21)19-15-5-3-4-14(10-15)18-13(2)20/h3-10H,11H2,1-2H3,(H,18,20)(H,19,21). The summed E-state index contributed by atoms with van der Waals surface area (Å²) in [6, 6.07) is 15.1. The number of anilines is 2. The molecule has 0 saturated heterocycles. The van der Waals surface area contributed by atoms with Crippen molar-refractivity contribution in [2.24, 2.45) is 0 Å². The third kappa shape index (κ3) is 5.26. The first-order chi connectivity index (χ1) is 10.5. The van der Waals surface area contributed by atoms with Gasteiger partial charge in [0.15, 0.2) is 0 Å². The summed E-state index contributed by atoms with van der Waals surface area (Å²) < 4.78 is 0. The van der Waals surface area contributed by atoms with Crippen molar-refractivity contribution in [2.45, 2.75) is 18.7 Å². The van der Waals surface area contributed by atoms with Gasteiger partial charge in [-0.1, -0.05) is 23.8 Å². The number of benzene rings is 2. The van der Waals surface area contributed by atoms with Gasteiger partial charge in [-0.2, -0.15) is 0 Å². The summed E-state index contributed by atoms with van der Waals surface area (Å²) in [4.78, 5) is 24.1. The second-order valence-electron chi connectivity index (χ2n) is 4.91. The average molecular weight is 314 g/mol. The van der Waals surface area contributed by atoms with Crippen LogP contribution in [0.5, 0.6) is 0 Å². The Labute approximate surface area is 134 Å². The predicted octanol–water partition coefficient (Wildman–Crippen LogP) is 3.68. The molecule has 0 aliphatic carbocycles. The third-order valence-electron chi connectivity index (χ3n) is 2.86. The lowest BCUT2D eigenvalue weighted by atomic mass is 10.2. The van der Waals surface area contributed by atoms with Crippen molar-refractivity contribution in [2.75, 3.05) is 16.4 Å². The van der Waals surface area contributed by atoms with Crippen molar-refractivity contribution in [3.63, 3.8) is 0 Å². The third-order valence-corrected chi connectivity index (χ3v) is 3.87. The van der Waals surface area contributed by atoms with Gasteiger partial charge in [-0.05, 0) is 37.3 Å². The Morgan fingerprint density at radius 1 is 1.00 bits per heavy atom. The summed E-state index contributed by atoms with van der Waals surface area (Å²) in [6.07, 6.45) is 0. The van der Waals surface area contributed by atoms with Crippen LogP contribution in [0.2, 0.25) is 0 Å². The normalized spacial score (nSPS) is 10.1. The minimum atomic E-state index is -0.140. The molecule has 5 heteroatoms. The van der Waals surface area contributed by atoms with Gasteiger partial charge < -0.3 is 10.6 Å². The first kappa shape index (κ1) is 16.1. The largest absolute Gasteiger partial charge is 0.326 e. The van der Waals surface area contributed by atoms with E-state index in [9.17, 15) is 9.59 Å². The highest BCUT2D eigenvalue weighted by molar-refractivity contribution is 8.00. The molecular weight excluding hydrogens is 296 g/mol. The van der Waals surface area contributed by atoms with Crippen LogP contribution >= 0.6 is 11.8 Å². The van der Waals surface area contributed by atoms with Gasteiger partial charge >= 0.3 is 0 Å². The second-order valence-corrected chi connectivity index (χ2v) is 5.96. The maximum atomic E-state index is 12.0. The van der Waals surface area contributed by atoms with Gasteiger partial charge in [0, 0.05) is 23.2 Å². The lowest BCUT2D eigenvalue weighted by molar-refractivity contribution is -0.114. The molecule has 0 radical (unpaired) electrons. The summed E-state index contributed by atoms with van der Waals surface area (Å²) in [5.74, 6) is 0.122. The molecule has 0 bridgehead atoms. The molecule has 0 unspecified atom stereocenters. The Kier molecular flexibility index (Phi) is 5.61. The fourth-order valence-electron chi connectivity index (χ4n) is 1.86. The van der Waals surface area contributed by atoms with E-state index in [-0.39, 0.29) is 11.8 Å². The van der Waals surface area contributed by atoms with Gasteiger partial charge in [0.05, 0.1) is 5.75 Å². The molecule has 0 aliphatic heterocycles. The zero-order valence-electron chi connectivity index (χ0n) is 12.6. The Bertz CT molecular complexity index is 669. The van der Waals surface area contributed by atoms with Crippen molar-refractivity contribution >= 4 is 35.0 Å². The molecule has 0 spiro atoms. The molecule has 114 valence electrons. The number of hydrogen-bond donors (Lipinski definition) is 2.